The Balaban J connectivity index is 2.32. The molecule has 0 N–H and O–H groups in total. The van der Waals surface area contributed by atoms with Gasteiger partial charge < -0.3 is 23.7 Å². The number of anilines is 1. The number of rotatable bonds is 9. The predicted molar refractivity (Wildman–Crippen MR) is 90.2 cm³/mol. The first kappa shape index (κ1) is 19.5. The first-order valence-corrected chi connectivity index (χ1v) is 7.92. The van der Waals surface area contributed by atoms with Gasteiger partial charge in [-0.3, -0.25) is 19.3 Å². The van der Waals surface area contributed by atoms with Crippen molar-refractivity contribution >= 4 is 23.3 Å². The number of carbonyl (C=O) groups is 3. The molecule has 2 rings (SSSR count). The van der Waals surface area contributed by atoms with Gasteiger partial charge >= 0.3 is 5.97 Å². The van der Waals surface area contributed by atoms with Gasteiger partial charge in [-0.05, 0) is 6.92 Å². The van der Waals surface area contributed by atoms with Crippen molar-refractivity contribution in [3.05, 3.63) is 11.6 Å². The molecule has 26 heavy (non-hydrogen) atoms. The van der Waals surface area contributed by atoms with Gasteiger partial charge in [-0.2, -0.15) is 0 Å². The fraction of sp³-hybridized carbons (Fsp3) is 0.471. The van der Waals surface area contributed by atoms with E-state index in [-0.39, 0.29) is 41.7 Å². The number of ether oxygens (including phenoxy) is 5. The van der Waals surface area contributed by atoms with Gasteiger partial charge in [0.2, 0.25) is 5.75 Å². The summed E-state index contributed by atoms with van der Waals surface area (Å²) < 4.78 is 25.8. The second kappa shape index (κ2) is 8.52. The standard InChI is InChI=1S/C17H21NO8/c1-5-25-6-7-26-12(19)9-18-10-8-11(22-2)15(23-3)16(24-4)13(10)14(20)17(18)21/h8H,5-7,9H2,1-4H3. The van der Waals surface area contributed by atoms with Crippen LogP contribution in [0.4, 0.5) is 5.69 Å². The van der Waals surface area contributed by atoms with E-state index in [0.717, 1.165) is 4.90 Å². The molecule has 0 saturated carbocycles. The molecular formula is C17H21NO8. The van der Waals surface area contributed by atoms with E-state index >= 15 is 0 Å². The molecule has 1 aliphatic rings. The van der Waals surface area contributed by atoms with Gasteiger partial charge in [-0.25, -0.2) is 0 Å². The third-order valence-corrected chi connectivity index (χ3v) is 3.75. The van der Waals surface area contributed by atoms with Gasteiger partial charge in [0.15, 0.2) is 11.5 Å². The zero-order valence-electron chi connectivity index (χ0n) is 15.1. The lowest BCUT2D eigenvalue weighted by molar-refractivity contribution is -0.144. The third kappa shape index (κ3) is 3.57. The Morgan fingerprint density at radius 3 is 2.31 bits per heavy atom. The van der Waals surface area contributed by atoms with Crippen molar-refractivity contribution in [3.8, 4) is 17.2 Å². The molecule has 0 spiro atoms. The number of Topliss-reactive ketones (excluding diaryl/α,β-unsaturated/α-hetero) is 1. The van der Waals surface area contributed by atoms with E-state index in [4.69, 9.17) is 23.7 Å². The van der Waals surface area contributed by atoms with Gasteiger partial charge in [-0.1, -0.05) is 0 Å². The summed E-state index contributed by atoms with van der Waals surface area (Å²) in [6.45, 7) is 2.23. The number of benzene rings is 1. The summed E-state index contributed by atoms with van der Waals surface area (Å²) in [5.41, 5.74) is 0.230. The molecule has 9 nitrogen and oxygen atoms in total. The minimum atomic E-state index is -0.852. The van der Waals surface area contributed by atoms with E-state index in [1.807, 2.05) is 6.92 Å². The maximum atomic E-state index is 12.4. The van der Waals surface area contributed by atoms with Crippen LogP contribution in [0, 0.1) is 0 Å². The van der Waals surface area contributed by atoms with Gasteiger partial charge in [-0.15, -0.1) is 0 Å². The lowest BCUT2D eigenvalue weighted by atomic mass is 10.1. The molecule has 1 heterocycles. The Labute approximate surface area is 150 Å². The summed E-state index contributed by atoms with van der Waals surface area (Å²) in [7, 11) is 4.15. The van der Waals surface area contributed by atoms with Crippen LogP contribution in [0.15, 0.2) is 6.07 Å². The van der Waals surface area contributed by atoms with Crippen LogP contribution in [-0.4, -0.2) is 65.4 Å². The Morgan fingerprint density at radius 2 is 1.73 bits per heavy atom. The highest BCUT2D eigenvalue weighted by molar-refractivity contribution is 6.53. The topological polar surface area (TPSA) is 101 Å². The van der Waals surface area contributed by atoms with Crippen molar-refractivity contribution < 1.29 is 38.1 Å². The van der Waals surface area contributed by atoms with E-state index in [1.54, 1.807) is 0 Å². The van der Waals surface area contributed by atoms with Crippen LogP contribution in [0.1, 0.15) is 17.3 Å². The summed E-state index contributed by atoms with van der Waals surface area (Å²) in [5, 5.41) is 0. The summed E-state index contributed by atoms with van der Waals surface area (Å²) in [5.74, 6) is -1.77. The van der Waals surface area contributed by atoms with Crippen molar-refractivity contribution in [3.63, 3.8) is 0 Å². The first-order valence-electron chi connectivity index (χ1n) is 7.92. The summed E-state index contributed by atoms with van der Waals surface area (Å²) in [6, 6.07) is 1.45. The number of nitrogens with zero attached hydrogens (tertiary/aromatic N) is 1. The molecule has 0 saturated heterocycles. The van der Waals surface area contributed by atoms with E-state index in [1.165, 1.54) is 27.4 Å². The molecule has 142 valence electrons. The van der Waals surface area contributed by atoms with Crippen molar-refractivity contribution in [2.75, 3.05) is 52.6 Å². The number of hydrogen-bond acceptors (Lipinski definition) is 8. The summed E-state index contributed by atoms with van der Waals surface area (Å²) in [4.78, 5) is 37.8. The monoisotopic (exact) mass is 367 g/mol. The average Bonchev–Trinajstić information content (AvgIpc) is 2.88. The minimum absolute atomic E-state index is 0.0252. The van der Waals surface area contributed by atoms with Crippen LogP contribution < -0.4 is 19.1 Å². The quantitative estimate of drug-likeness (QED) is 0.359. The van der Waals surface area contributed by atoms with E-state index in [0.29, 0.717) is 6.61 Å². The van der Waals surface area contributed by atoms with Crippen molar-refractivity contribution in [1.82, 2.24) is 0 Å². The summed E-state index contributed by atoms with van der Waals surface area (Å²) in [6.07, 6.45) is 0. The second-order valence-electron chi connectivity index (χ2n) is 5.18. The molecule has 0 fully saturated rings. The van der Waals surface area contributed by atoms with Gasteiger partial charge in [0.1, 0.15) is 13.2 Å². The molecule has 0 radical (unpaired) electrons. The fourth-order valence-corrected chi connectivity index (χ4v) is 2.61. The lowest BCUT2D eigenvalue weighted by Gasteiger charge is -2.19. The Kier molecular flexibility index (Phi) is 6.40. The number of fused-ring (bicyclic) bond motifs is 1. The molecule has 1 amide bonds. The second-order valence-corrected chi connectivity index (χ2v) is 5.18. The maximum Gasteiger partial charge on any atom is 0.326 e. The first-order chi connectivity index (χ1) is 12.5. The Hall–Kier alpha value is -2.81. The van der Waals surface area contributed by atoms with Gasteiger partial charge in [0.05, 0.1) is 39.2 Å². The normalized spacial score (nSPS) is 12.8. The largest absolute Gasteiger partial charge is 0.493 e. The van der Waals surface area contributed by atoms with Gasteiger partial charge in [0, 0.05) is 12.7 Å². The molecule has 1 aromatic carbocycles. The maximum absolute atomic E-state index is 12.4. The molecule has 0 atom stereocenters. The number of ketones is 1. The van der Waals surface area contributed by atoms with Crippen LogP contribution in [0.25, 0.3) is 0 Å². The number of amides is 1. The van der Waals surface area contributed by atoms with Crippen LogP contribution >= 0.6 is 0 Å². The van der Waals surface area contributed by atoms with Gasteiger partial charge in [0.25, 0.3) is 11.7 Å². The molecule has 9 heteroatoms. The molecule has 0 aliphatic carbocycles. The molecule has 1 aromatic rings. The molecule has 0 bridgehead atoms. The lowest BCUT2D eigenvalue weighted by Crippen LogP contribution is -2.35. The molecule has 0 unspecified atom stereocenters. The van der Waals surface area contributed by atoms with Crippen molar-refractivity contribution in [2.24, 2.45) is 0 Å². The van der Waals surface area contributed by atoms with Crippen LogP contribution in [0.5, 0.6) is 17.2 Å². The fourth-order valence-electron chi connectivity index (χ4n) is 2.61. The van der Waals surface area contributed by atoms with E-state index in [9.17, 15) is 14.4 Å². The number of esters is 1. The number of carbonyl (C=O) groups excluding carboxylic acids is 3. The van der Waals surface area contributed by atoms with E-state index in [2.05, 4.69) is 0 Å². The van der Waals surface area contributed by atoms with Crippen molar-refractivity contribution in [1.29, 1.82) is 0 Å². The highest BCUT2D eigenvalue weighted by atomic mass is 16.6. The molecule has 0 aromatic heterocycles. The summed E-state index contributed by atoms with van der Waals surface area (Å²) >= 11 is 0. The molecule has 1 aliphatic heterocycles. The highest BCUT2D eigenvalue weighted by Gasteiger charge is 2.42. The van der Waals surface area contributed by atoms with Crippen LogP contribution in [-0.2, 0) is 19.1 Å². The van der Waals surface area contributed by atoms with E-state index < -0.39 is 24.2 Å². The number of methoxy groups -OCH3 is 3. The van der Waals surface area contributed by atoms with Crippen LogP contribution in [0.3, 0.4) is 0 Å². The Bertz CT molecular complexity index is 715. The number of hydrogen-bond donors (Lipinski definition) is 0. The predicted octanol–water partition coefficient (Wildman–Crippen LogP) is 0.821. The zero-order chi connectivity index (χ0) is 19.3. The smallest absolute Gasteiger partial charge is 0.326 e. The average molecular weight is 367 g/mol. The zero-order valence-corrected chi connectivity index (χ0v) is 15.1. The third-order valence-electron chi connectivity index (χ3n) is 3.75. The SMILES string of the molecule is CCOCCOC(=O)CN1C(=O)C(=O)c2c1cc(OC)c(OC)c2OC. The Morgan fingerprint density at radius 1 is 1.04 bits per heavy atom. The van der Waals surface area contributed by atoms with Crippen LogP contribution in [0.2, 0.25) is 0 Å². The highest BCUT2D eigenvalue weighted by Crippen LogP contribution is 2.47. The molecular weight excluding hydrogens is 346 g/mol. The minimum Gasteiger partial charge on any atom is -0.493 e. The van der Waals surface area contributed by atoms with Crippen molar-refractivity contribution in [2.45, 2.75) is 6.92 Å².